The number of hydrogen-bond acceptors (Lipinski definition) is 6. The fraction of sp³-hybridized carbons (Fsp3) is 0.382. The molecule has 6 rings (SSSR count). The third-order valence-electron chi connectivity index (χ3n) is 8.11. The summed E-state index contributed by atoms with van der Waals surface area (Å²) in [6.07, 6.45) is 2.50. The molecule has 3 aromatic carbocycles. The van der Waals surface area contributed by atoms with E-state index in [-0.39, 0.29) is 25.0 Å². The lowest BCUT2D eigenvalue weighted by Crippen LogP contribution is -2.49. The van der Waals surface area contributed by atoms with Gasteiger partial charge >= 0.3 is 0 Å². The number of nitriles is 1. The Bertz CT molecular complexity index is 1420. The van der Waals surface area contributed by atoms with Crippen molar-refractivity contribution in [1.29, 1.82) is 5.26 Å². The second-order valence-electron chi connectivity index (χ2n) is 11.0. The normalized spacial score (nSPS) is 20.9. The molecule has 3 aliphatic rings. The van der Waals surface area contributed by atoms with Gasteiger partial charge in [-0.2, -0.15) is 5.26 Å². The Kier molecular flexibility index (Phi) is 8.22. The van der Waals surface area contributed by atoms with Crippen LogP contribution in [0.4, 0.5) is 4.39 Å². The maximum Gasteiger partial charge on any atom is 0.199 e. The SMILES string of the molecule is CC1=C(c2ccc(C#N)cc2)C(c2ccc(OCCN3CC(CF)C3)cc2)Oc2ccc(OC3CCCCO3)cc21. The summed E-state index contributed by atoms with van der Waals surface area (Å²) >= 11 is 0. The molecule has 3 heterocycles. The molecule has 3 aromatic rings. The highest BCUT2D eigenvalue weighted by Crippen LogP contribution is 2.47. The molecule has 0 N–H and O–H groups in total. The van der Waals surface area contributed by atoms with Crippen molar-refractivity contribution in [2.45, 2.75) is 38.6 Å². The smallest absolute Gasteiger partial charge is 0.199 e. The first kappa shape index (κ1) is 27.3. The van der Waals surface area contributed by atoms with Gasteiger partial charge in [0, 0.05) is 43.1 Å². The van der Waals surface area contributed by atoms with E-state index in [4.69, 9.17) is 18.9 Å². The minimum Gasteiger partial charge on any atom is -0.492 e. The van der Waals surface area contributed by atoms with Gasteiger partial charge in [0.1, 0.15) is 30.0 Å². The van der Waals surface area contributed by atoms with E-state index in [1.165, 1.54) is 0 Å². The first-order valence-corrected chi connectivity index (χ1v) is 14.4. The molecule has 41 heavy (non-hydrogen) atoms. The minimum atomic E-state index is -0.336. The van der Waals surface area contributed by atoms with Crippen molar-refractivity contribution in [2.75, 3.05) is 39.5 Å². The Balaban J connectivity index is 1.24. The Labute approximate surface area is 240 Å². The van der Waals surface area contributed by atoms with Crippen LogP contribution in [0.15, 0.2) is 66.7 Å². The largest absolute Gasteiger partial charge is 0.492 e. The number of fused-ring (bicyclic) bond motifs is 1. The van der Waals surface area contributed by atoms with E-state index in [0.717, 1.165) is 90.6 Å². The first-order chi connectivity index (χ1) is 20.1. The van der Waals surface area contributed by atoms with Crippen LogP contribution in [0.2, 0.25) is 0 Å². The molecule has 0 saturated carbocycles. The summed E-state index contributed by atoms with van der Waals surface area (Å²) in [7, 11) is 0. The molecular formula is C34H35FN2O4. The van der Waals surface area contributed by atoms with Crippen molar-refractivity contribution in [2.24, 2.45) is 5.92 Å². The van der Waals surface area contributed by atoms with E-state index in [1.807, 2.05) is 66.7 Å². The Morgan fingerprint density at radius 3 is 2.49 bits per heavy atom. The van der Waals surface area contributed by atoms with Crippen LogP contribution in [0, 0.1) is 17.2 Å². The van der Waals surface area contributed by atoms with Crippen LogP contribution >= 0.6 is 0 Å². The summed E-state index contributed by atoms with van der Waals surface area (Å²) in [5, 5.41) is 9.33. The fourth-order valence-corrected chi connectivity index (χ4v) is 5.78. The zero-order valence-electron chi connectivity index (χ0n) is 23.4. The van der Waals surface area contributed by atoms with Crippen molar-refractivity contribution in [1.82, 2.24) is 4.90 Å². The van der Waals surface area contributed by atoms with E-state index in [1.54, 1.807) is 0 Å². The quantitative estimate of drug-likeness (QED) is 0.290. The van der Waals surface area contributed by atoms with Crippen LogP contribution in [0.3, 0.4) is 0 Å². The fourth-order valence-electron chi connectivity index (χ4n) is 5.78. The maximum atomic E-state index is 12.7. The number of likely N-dealkylation sites (tertiary alicyclic amines) is 1. The van der Waals surface area contributed by atoms with E-state index in [9.17, 15) is 9.65 Å². The van der Waals surface area contributed by atoms with E-state index in [2.05, 4.69) is 17.9 Å². The molecule has 0 aliphatic carbocycles. The molecule has 0 radical (unpaired) electrons. The molecule has 3 aliphatic heterocycles. The third kappa shape index (κ3) is 6.09. The van der Waals surface area contributed by atoms with Gasteiger partial charge in [0.15, 0.2) is 6.29 Å². The zero-order chi connectivity index (χ0) is 28.2. The number of benzene rings is 3. The average Bonchev–Trinajstić information content (AvgIpc) is 2.99. The molecule has 7 heteroatoms. The Hall–Kier alpha value is -3.86. The Morgan fingerprint density at radius 1 is 1.00 bits per heavy atom. The lowest BCUT2D eigenvalue weighted by molar-refractivity contribution is -0.105. The topological polar surface area (TPSA) is 64.0 Å². The van der Waals surface area contributed by atoms with Crippen molar-refractivity contribution in [3.63, 3.8) is 0 Å². The molecule has 6 nitrogen and oxygen atoms in total. The predicted molar refractivity (Wildman–Crippen MR) is 156 cm³/mol. The zero-order valence-corrected chi connectivity index (χ0v) is 23.4. The molecule has 2 atom stereocenters. The second-order valence-corrected chi connectivity index (χ2v) is 11.0. The standard InChI is InChI=1S/C34H35FN2O4/c1-23-30-18-29(40-32-4-2-3-16-39-32)13-14-31(30)41-34(33(23)26-7-5-24(20-36)6-8-26)27-9-11-28(12-10-27)38-17-15-37-21-25(19-35)22-37/h5-14,18,25,32,34H,2-4,15-17,19,21-22H2,1H3. The number of allylic oxidation sites excluding steroid dienone is 1. The van der Waals surface area contributed by atoms with Crippen molar-refractivity contribution in [3.8, 4) is 23.3 Å². The lowest BCUT2D eigenvalue weighted by atomic mass is 9.86. The van der Waals surface area contributed by atoms with Crippen molar-refractivity contribution >= 4 is 11.1 Å². The van der Waals surface area contributed by atoms with E-state index < -0.39 is 0 Å². The van der Waals surface area contributed by atoms with Crippen LogP contribution in [0.1, 0.15) is 54.5 Å². The van der Waals surface area contributed by atoms with Gasteiger partial charge in [0.05, 0.1) is 24.9 Å². The predicted octanol–water partition coefficient (Wildman–Crippen LogP) is 6.81. The second kappa shape index (κ2) is 12.3. The summed E-state index contributed by atoms with van der Waals surface area (Å²) in [6, 6.07) is 23.8. The van der Waals surface area contributed by atoms with Gasteiger partial charge in [-0.15, -0.1) is 0 Å². The van der Waals surface area contributed by atoms with Gasteiger partial charge in [-0.3, -0.25) is 9.29 Å². The van der Waals surface area contributed by atoms with Gasteiger partial charge in [-0.05, 0) is 78.9 Å². The summed E-state index contributed by atoms with van der Waals surface area (Å²) in [5.41, 5.74) is 5.74. The molecular weight excluding hydrogens is 519 g/mol. The monoisotopic (exact) mass is 554 g/mol. The summed E-state index contributed by atoms with van der Waals surface area (Å²) < 4.78 is 37.3. The van der Waals surface area contributed by atoms with Gasteiger partial charge in [0.2, 0.25) is 0 Å². The number of nitrogens with zero attached hydrogens (tertiary/aromatic N) is 2. The van der Waals surface area contributed by atoms with Gasteiger partial charge < -0.3 is 18.9 Å². The summed E-state index contributed by atoms with van der Waals surface area (Å²) in [6.45, 7) is 5.59. The van der Waals surface area contributed by atoms with Gasteiger partial charge in [-0.1, -0.05) is 24.3 Å². The van der Waals surface area contributed by atoms with Crippen LogP contribution in [0.25, 0.3) is 11.1 Å². The summed E-state index contributed by atoms with van der Waals surface area (Å²) in [5.74, 6) is 2.53. The molecule has 2 fully saturated rings. The number of halogens is 1. The lowest BCUT2D eigenvalue weighted by Gasteiger charge is -2.37. The van der Waals surface area contributed by atoms with Crippen LogP contribution in [-0.2, 0) is 4.74 Å². The molecule has 0 amide bonds. The molecule has 0 spiro atoms. The molecule has 0 aromatic heterocycles. The first-order valence-electron chi connectivity index (χ1n) is 14.4. The molecule has 2 unspecified atom stereocenters. The molecule has 212 valence electrons. The van der Waals surface area contributed by atoms with Crippen molar-refractivity contribution < 1.29 is 23.3 Å². The average molecular weight is 555 g/mol. The highest BCUT2D eigenvalue weighted by atomic mass is 19.1. The third-order valence-corrected chi connectivity index (χ3v) is 8.11. The van der Waals surface area contributed by atoms with Crippen LogP contribution < -0.4 is 14.2 Å². The molecule has 0 bridgehead atoms. The number of ether oxygens (including phenoxy) is 4. The minimum absolute atomic E-state index is 0.182. The van der Waals surface area contributed by atoms with Crippen molar-refractivity contribution in [3.05, 3.63) is 89.0 Å². The number of hydrogen-bond donors (Lipinski definition) is 0. The summed E-state index contributed by atoms with van der Waals surface area (Å²) in [4.78, 5) is 2.21. The van der Waals surface area contributed by atoms with Gasteiger partial charge in [-0.25, -0.2) is 0 Å². The molecule has 2 saturated heterocycles. The maximum absolute atomic E-state index is 12.7. The van der Waals surface area contributed by atoms with E-state index in [0.29, 0.717) is 12.2 Å². The number of rotatable bonds is 9. The van der Waals surface area contributed by atoms with Gasteiger partial charge in [0.25, 0.3) is 0 Å². The highest BCUT2D eigenvalue weighted by molar-refractivity contribution is 5.95. The van der Waals surface area contributed by atoms with Crippen LogP contribution in [-0.4, -0.2) is 50.7 Å². The number of alkyl halides is 1. The van der Waals surface area contributed by atoms with Crippen LogP contribution in [0.5, 0.6) is 17.2 Å². The Morgan fingerprint density at radius 2 is 1.78 bits per heavy atom. The highest BCUT2D eigenvalue weighted by Gasteiger charge is 2.30. The van der Waals surface area contributed by atoms with E-state index >= 15 is 0 Å².